The molecule has 3 aromatic rings. The van der Waals surface area contributed by atoms with Crippen molar-refractivity contribution in [3.63, 3.8) is 0 Å². The molecule has 3 nitrogen and oxygen atoms in total. The molecule has 1 heterocycles. The summed E-state index contributed by atoms with van der Waals surface area (Å²) in [4.78, 5) is 12.3. The molecule has 0 saturated carbocycles. The molecule has 0 radical (unpaired) electrons. The average Bonchev–Trinajstić information content (AvgIpc) is 2.97. The molecule has 2 aromatic carbocycles. The van der Waals surface area contributed by atoms with Crippen LogP contribution in [0.15, 0.2) is 65.1 Å². The number of rotatable bonds is 4. The number of hydrogen-bond donors (Lipinski definition) is 1. The number of fused-ring (bicyclic) bond motifs is 1. The maximum atomic E-state index is 12.3. The molecule has 4 heteroatoms. The van der Waals surface area contributed by atoms with Crippen molar-refractivity contribution in [2.45, 2.75) is 6.04 Å². The number of para-hydroxylation sites is 1. The molecule has 1 aromatic heterocycles. The standard InChI is InChI=1S/C17H14ClNO2/c18-11-14(12-6-2-1-3-7-12)19-17(20)16-10-13-8-4-5-9-15(13)21-16/h1-10,14H,11H2,(H,19,20). The summed E-state index contributed by atoms with van der Waals surface area (Å²) in [5.41, 5.74) is 1.67. The van der Waals surface area contributed by atoms with Crippen molar-refractivity contribution in [2.24, 2.45) is 0 Å². The van der Waals surface area contributed by atoms with E-state index in [9.17, 15) is 4.79 Å². The molecule has 0 saturated heterocycles. The summed E-state index contributed by atoms with van der Waals surface area (Å²) in [5, 5.41) is 3.80. The Bertz CT molecular complexity index is 719. The van der Waals surface area contributed by atoms with Crippen LogP contribution in [0.4, 0.5) is 0 Å². The van der Waals surface area contributed by atoms with Gasteiger partial charge in [-0.25, -0.2) is 0 Å². The number of alkyl halides is 1. The van der Waals surface area contributed by atoms with Gasteiger partial charge in [0.05, 0.1) is 6.04 Å². The van der Waals surface area contributed by atoms with Gasteiger partial charge in [0.2, 0.25) is 0 Å². The van der Waals surface area contributed by atoms with Crippen molar-refractivity contribution in [3.8, 4) is 0 Å². The first-order valence-corrected chi connectivity index (χ1v) is 7.22. The zero-order valence-electron chi connectivity index (χ0n) is 11.3. The van der Waals surface area contributed by atoms with Crippen molar-refractivity contribution in [3.05, 3.63) is 72.0 Å². The van der Waals surface area contributed by atoms with Gasteiger partial charge in [-0.1, -0.05) is 48.5 Å². The second-order valence-electron chi connectivity index (χ2n) is 4.74. The molecular weight excluding hydrogens is 286 g/mol. The van der Waals surface area contributed by atoms with E-state index in [0.717, 1.165) is 10.9 Å². The van der Waals surface area contributed by atoms with E-state index in [1.807, 2.05) is 54.6 Å². The molecule has 0 aliphatic rings. The van der Waals surface area contributed by atoms with Gasteiger partial charge in [0.1, 0.15) is 5.58 Å². The molecule has 0 aliphatic heterocycles. The minimum atomic E-state index is -0.263. The first-order chi connectivity index (χ1) is 10.3. The number of furan rings is 1. The monoisotopic (exact) mass is 299 g/mol. The van der Waals surface area contributed by atoms with Crippen molar-refractivity contribution < 1.29 is 9.21 Å². The highest BCUT2D eigenvalue weighted by molar-refractivity contribution is 6.18. The Hall–Kier alpha value is -2.26. The molecule has 1 amide bonds. The van der Waals surface area contributed by atoms with E-state index in [-0.39, 0.29) is 11.9 Å². The van der Waals surface area contributed by atoms with E-state index in [1.54, 1.807) is 6.07 Å². The number of nitrogens with one attached hydrogen (secondary N) is 1. The number of halogens is 1. The van der Waals surface area contributed by atoms with E-state index in [2.05, 4.69) is 5.32 Å². The quantitative estimate of drug-likeness (QED) is 0.736. The predicted octanol–water partition coefficient (Wildman–Crippen LogP) is 4.14. The van der Waals surface area contributed by atoms with Crippen LogP contribution in [0.3, 0.4) is 0 Å². The van der Waals surface area contributed by atoms with Gasteiger partial charge in [0.25, 0.3) is 5.91 Å². The van der Waals surface area contributed by atoms with Gasteiger partial charge in [-0.3, -0.25) is 4.79 Å². The third-order valence-corrected chi connectivity index (χ3v) is 3.62. The largest absolute Gasteiger partial charge is 0.451 e. The van der Waals surface area contributed by atoms with Gasteiger partial charge in [0.15, 0.2) is 5.76 Å². The van der Waals surface area contributed by atoms with Crippen LogP contribution >= 0.6 is 11.6 Å². The molecule has 0 spiro atoms. The van der Waals surface area contributed by atoms with E-state index in [4.69, 9.17) is 16.0 Å². The van der Waals surface area contributed by atoms with Gasteiger partial charge >= 0.3 is 0 Å². The second kappa shape index (κ2) is 6.02. The summed E-state index contributed by atoms with van der Waals surface area (Å²) in [6.07, 6.45) is 0. The SMILES string of the molecule is O=C(NC(CCl)c1ccccc1)c1cc2ccccc2o1. The molecule has 0 bridgehead atoms. The third-order valence-electron chi connectivity index (χ3n) is 3.31. The fraction of sp³-hybridized carbons (Fsp3) is 0.118. The lowest BCUT2D eigenvalue weighted by Crippen LogP contribution is -2.29. The summed E-state index contributed by atoms with van der Waals surface area (Å²) < 4.78 is 5.56. The van der Waals surface area contributed by atoms with Crippen LogP contribution < -0.4 is 5.32 Å². The first kappa shape index (κ1) is 13.7. The minimum Gasteiger partial charge on any atom is -0.451 e. The summed E-state index contributed by atoms with van der Waals surface area (Å²) in [6.45, 7) is 0. The Morgan fingerprint density at radius 2 is 1.81 bits per heavy atom. The average molecular weight is 300 g/mol. The van der Waals surface area contributed by atoms with Crippen molar-refractivity contribution in [1.82, 2.24) is 5.32 Å². The Morgan fingerprint density at radius 1 is 1.10 bits per heavy atom. The lowest BCUT2D eigenvalue weighted by molar-refractivity contribution is 0.0914. The van der Waals surface area contributed by atoms with Gasteiger partial charge in [-0.05, 0) is 17.7 Å². The van der Waals surface area contributed by atoms with Crippen molar-refractivity contribution in [1.29, 1.82) is 0 Å². The van der Waals surface area contributed by atoms with Crippen molar-refractivity contribution in [2.75, 3.05) is 5.88 Å². The number of amides is 1. The zero-order chi connectivity index (χ0) is 14.7. The summed E-state index contributed by atoms with van der Waals surface area (Å²) in [5.74, 6) is 0.332. The number of hydrogen-bond acceptors (Lipinski definition) is 2. The fourth-order valence-corrected chi connectivity index (χ4v) is 2.47. The van der Waals surface area contributed by atoms with Gasteiger partial charge in [0, 0.05) is 11.3 Å². The molecule has 0 fully saturated rings. The van der Waals surface area contributed by atoms with Crippen LogP contribution in [0.25, 0.3) is 11.0 Å². The van der Waals surface area contributed by atoms with Crippen LogP contribution in [0.5, 0.6) is 0 Å². The first-order valence-electron chi connectivity index (χ1n) is 6.68. The maximum absolute atomic E-state index is 12.3. The maximum Gasteiger partial charge on any atom is 0.287 e. The Labute approximate surface area is 127 Å². The van der Waals surface area contributed by atoms with Crippen LogP contribution in [-0.4, -0.2) is 11.8 Å². The highest BCUT2D eigenvalue weighted by atomic mass is 35.5. The molecule has 0 aliphatic carbocycles. The highest BCUT2D eigenvalue weighted by Gasteiger charge is 2.17. The minimum absolute atomic E-state index is 0.242. The highest BCUT2D eigenvalue weighted by Crippen LogP contribution is 2.20. The molecule has 1 unspecified atom stereocenters. The summed E-state index contributed by atoms with van der Waals surface area (Å²) in [6, 6.07) is 18.7. The van der Waals surface area contributed by atoms with Crippen LogP contribution in [-0.2, 0) is 0 Å². The third kappa shape index (κ3) is 2.93. The molecule has 3 rings (SSSR count). The summed E-state index contributed by atoms with van der Waals surface area (Å²) in [7, 11) is 0. The topological polar surface area (TPSA) is 42.2 Å². The lowest BCUT2D eigenvalue weighted by atomic mass is 10.1. The van der Waals surface area contributed by atoms with Crippen LogP contribution in [0.2, 0.25) is 0 Å². The molecule has 1 N–H and O–H groups in total. The van der Waals surface area contributed by atoms with Gasteiger partial charge in [-0.2, -0.15) is 0 Å². The van der Waals surface area contributed by atoms with Crippen LogP contribution in [0, 0.1) is 0 Å². The lowest BCUT2D eigenvalue weighted by Gasteiger charge is -2.15. The van der Waals surface area contributed by atoms with Crippen LogP contribution in [0.1, 0.15) is 22.2 Å². The summed E-state index contributed by atoms with van der Waals surface area (Å²) >= 11 is 5.97. The van der Waals surface area contributed by atoms with E-state index < -0.39 is 0 Å². The van der Waals surface area contributed by atoms with Crippen molar-refractivity contribution >= 4 is 28.5 Å². The molecule has 106 valence electrons. The number of carbonyl (C=O) groups is 1. The molecular formula is C17H14ClNO2. The van der Waals surface area contributed by atoms with Gasteiger partial charge in [-0.15, -0.1) is 11.6 Å². The number of benzene rings is 2. The Balaban J connectivity index is 1.81. The second-order valence-corrected chi connectivity index (χ2v) is 5.05. The van der Waals surface area contributed by atoms with E-state index >= 15 is 0 Å². The van der Waals surface area contributed by atoms with E-state index in [0.29, 0.717) is 17.2 Å². The molecule has 1 atom stereocenters. The smallest absolute Gasteiger partial charge is 0.287 e. The predicted molar refractivity (Wildman–Crippen MR) is 83.6 cm³/mol. The van der Waals surface area contributed by atoms with E-state index in [1.165, 1.54) is 0 Å². The molecule has 21 heavy (non-hydrogen) atoms. The normalized spacial score (nSPS) is 12.2. The number of carbonyl (C=O) groups excluding carboxylic acids is 1. The Kier molecular flexibility index (Phi) is 3.93. The Morgan fingerprint density at radius 3 is 2.52 bits per heavy atom. The fourth-order valence-electron chi connectivity index (χ4n) is 2.22. The zero-order valence-corrected chi connectivity index (χ0v) is 12.0. The van der Waals surface area contributed by atoms with Gasteiger partial charge < -0.3 is 9.73 Å².